The van der Waals surface area contributed by atoms with Gasteiger partial charge < -0.3 is 10.7 Å². The maximum absolute atomic E-state index is 10.0. The van der Waals surface area contributed by atoms with Gasteiger partial charge in [-0.3, -0.25) is 0 Å². The van der Waals surface area contributed by atoms with Crippen molar-refractivity contribution in [2.75, 3.05) is 6.54 Å². The molecule has 120 valence electrons. The minimum absolute atomic E-state index is 0.640. The molecule has 1 N–H and O–H groups in total. The normalized spacial score (nSPS) is 16.6. The standard InChI is InChI=1S/C18H36NO/c20-19-17-13-8-6-4-2-1-3-5-7-10-14-18-15-11-9-12-16-18/h18-19H,1-17H2/q-1. The summed E-state index contributed by atoms with van der Waals surface area (Å²) in [4.78, 5) is 0. The third kappa shape index (κ3) is 10.7. The van der Waals surface area contributed by atoms with Crippen molar-refractivity contribution in [3.05, 3.63) is 5.21 Å². The van der Waals surface area contributed by atoms with Crippen LogP contribution in [0, 0.1) is 11.1 Å². The van der Waals surface area contributed by atoms with Gasteiger partial charge in [-0.2, -0.15) is 0 Å². The average Bonchev–Trinajstić information content (AvgIpc) is 2.49. The molecule has 1 aliphatic rings. The zero-order chi connectivity index (χ0) is 14.3. The van der Waals surface area contributed by atoms with Crippen molar-refractivity contribution in [3.63, 3.8) is 0 Å². The fourth-order valence-electron chi connectivity index (χ4n) is 3.52. The molecule has 1 saturated carbocycles. The number of rotatable bonds is 13. The molecule has 0 unspecified atom stereocenters. The molecule has 2 nitrogen and oxygen atoms in total. The van der Waals surface area contributed by atoms with E-state index in [1.807, 2.05) is 5.48 Å². The summed E-state index contributed by atoms with van der Waals surface area (Å²) in [6, 6.07) is 0. The number of unbranched alkanes of at least 4 members (excludes halogenated alkanes) is 9. The predicted molar refractivity (Wildman–Crippen MR) is 88.7 cm³/mol. The van der Waals surface area contributed by atoms with Crippen LogP contribution in [0.2, 0.25) is 0 Å². The molecule has 0 spiro atoms. The molecule has 0 saturated heterocycles. The molecule has 0 atom stereocenters. The zero-order valence-corrected chi connectivity index (χ0v) is 13.5. The summed E-state index contributed by atoms with van der Waals surface area (Å²) in [5, 5.41) is 10.0. The third-order valence-electron chi connectivity index (χ3n) is 4.87. The van der Waals surface area contributed by atoms with Crippen LogP contribution in [0.25, 0.3) is 0 Å². The zero-order valence-electron chi connectivity index (χ0n) is 13.5. The smallest absolute Gasteiger partial charge is 0.0170 e. The van der Waals surface area contributed by atoms with Gasteiger partial charge in [0, 0.05) is 0 Å². The lowest BCUT2D eigenvalue weighted by molar-refractivity contribution is 0.328. The van der Waals surface area contributed by atoms with Gasteiger partial charge in [-0.15, -0.1) is 0 Å². The Labute approximate surface area is 126 Å². The monoisotopic (exact) mass is 282 g/mol. The molecule has 0 aromatic carbocycles. The summed E-state index contributed by atoms with van der Waals surface area (Å²) in [5.41, 5.74) is 1.97. The van der Waals surface area contributed by atoms with E-state index in [9.17, 15) is 5.21 Å². The van der Waals surface area contributed by atoms with Crippen molar-refractivity contribution in [2.24, 2.45) is 5.92 Å². The highest BCUT2D eigenvalue weighted by atomic mass is 16.5. The Morgan fingerprint density at radius 1 is 0.650 bits per heavy atom. The van der Waals surface area contributed by atoms with Gasteiger partial charge in [0.15, 0.2) is 0 Å². The second-order valence-electron chi connectivity index (χ2n) is 6.72. The van der Waals surface area contributed by atoms with Crippen LogP contribution in [0.4, 0.5) is 0 Å². The minimum atomic E-state index is 0.640. The summed E-state index contributed by atoms with van der Waals surface area (Å²) >= 11 is 0. The number of nitrogens with one attached hydrogen (secondary N) is 1. The van der Waals surface area contributed by atoms with E-state index in [0.29, 0.717) is 6.54 Å². The maximum Gasteiger partial charge on any atom is -0.0170 e. The van der Waals surface area contributed by atoms with E-state index < -0.39 is 0 Å². The molecule has 1 fully saturated rings. The van der Waals surface area contributed by atoms with Crippen LogP contribution in [-0.2, 0) is 0 Å². The molecule has 0 bridgehead atoms. The Morgan fingerprint density at radius 3 is 1.70 bits per heavy atom. The van der Waals surface area contributed by atoms with Gasteiger partial charge in [-0.1, -0.05) is 96.3 Å². The highest BCUT2D eigenvalue weighted by Crippen LogP contribution is 2.28. The molecule has 0 heterocycles. The predicted octanol–water partition coefficient (Wildman–Crippen LogP) is 5.95. The molecule has 0 aliphatic heterocycles. The topological polar surface area (TPSA) is 35.1 Å². The quantitative estimate of drug-likeness (QED) is 0.335. The average molecular weight is 282 g/mol. The Balaban J connectivity index is 1.70. The number of hydroxylamine groups is 1. The molecule has 1 rings (SSSR count). The Kier molecular flexibility index (Phi) is 12.5. The van der Waals surface area contributed by atoms with E-state index in [4.69, 9.17) is 0 Å². The van der Waals surface area contributed by atoms with Gasteiger partial charge in [0.1, 0.15) is 0 Å². The van der Waals surface area contributed by atoms with Crippen molar-refractivity contribution >= 4 is 0 Å². The Morgan fingerprint density at radius 2 is 1.15 bits per heavy atom. The summed E-state index contributed by atoms with van der Waals surface area (Å²) in [5.74, 6) is 1.08. The van der Waals surface area contributed by atoms with Crippen LogP contribution < -0.4 is 5.48 Å². The van der Waals surface area contributed by atoms with E-state index in [1.165, 1.54) is 96.3 Å². The van der Waals surface area contributed by atoms with E-state index in [0.717, 1.165) is 12.3 Å². The third-order valence-corrected chi connectivity index (χ3v) is 4.87. The molecule has 0 aromatic rings. The van der Waals surface area contributed by atoms with Gasteiger partial charge >= 0.3 is 0 Å². The first kappa shape index (κ1) is 18.0. The van der Waals surface area contributed by atoms with E-state index in [2.05, 4.69) is 0 Å². The first-order valence-electron chi connectivity index (χ1n) is 9.28. The summed E-state index contributed by atoms with van der Waals surface area (Å²) in [7, 11) is 0. The Hall–Kier alpha value is -0.0800. The number of hydrogen-bond donors (Lipinski definition) is 1. The van der Waals surface area contributed by atoms with E-state index >= 15 is 0 Å². The van der Waals surface area contributed by atoms with Crippen LogP contribution in [0.5, 0.6) is 0 Å². The van der Waals surface area contributed by atoms with Gasteiger partial charge in [-0.25, -0.2) is 0 Å². The van der Waals surface area contributed by atoms with Crippen molar-refractivity contribution in [2.45, 2.75) is 103 Å². The fraction of sp³-hybridized carbons (Fsp3) is 1.00. The van der Waals surface area contributed by atoms with Crippen LogP contribution in [-0.4, -0.2) is 6.54 Å². The van der Waals surface area contributed by atoms with E-state index in [1.54, 1.807) is 0 Å². The molecule has 1 aliphatic carbocycles. The second kappa shape index (κ2) is 13.9. The lowest BCUT2D eigenvalue weighted by atomic mass is 9.85. The van der Waals surface area contributed by atoms with Gasteiger partial charge in [0.25, 0.3) is 0 Å². The first-order valence-corrected chi connectivity index (χ1v) is 9.28. The van der Waals surface area contributed by atoms with Gasteiger partial charge in [-0.05, 0) is 18.9 Å². The summed E-state index contributed by atoms with van der Waals surface area (Å²) in [6.45, 7) is 0.640. The molecule has 0 radical (unpaired) electrons. The lowest BCUT2D eigenvalue weighted by Crippen LogP contribution is -2.05. The van der Waals surface area contributed by atoms with Crippen LogP contribution in [0.1, 0.15) is 103 Å². The fourth-order valence-corrected chi connectivity index (χ4v) is 3.52. The largest absolute Gasteiger partial charge is 0.788 e. The van der Waals surface area contributed by atoms with Crippen molar-refractivity contribution in [1.82, 2.24) is 5.48 Å². The van der Waals surface area contributed by atoms with Crippen molar-refractivity contribution < 1.29 is 0 Å². The molecule has 0 amide bonds. The van der Waals surface area contributed by atoms with Crippen molar-refractivity contribution in [1.29, 1.82) is 0 Å². The molecular formula is C18H36NO-. The van der Waals surface area contributed by atoms with Crippen LogP contribution in [0.3, 0.4) is 0 Å². The molecule has 2 heteroatoms. The minimum Gasteiger partial charge on any atom is -0.788 e. The lowest BCUT2D eigenvalue weighted by Gasteiger charge is -2.21. The maximum atomic E-state index is 10.0. The molecule has 20 heavy (non-hydrogen) atoms. The highest BCUT2D eigenvalue weighted by molar-refractivity contribution is 4.65. The molecule has 0 aromatic heterocycles. The van der Waals surface area contributed by atoms with Crippen LogP contribution >= 0.6 is 0 Å². The summed E-state index contributed by atoms with van der Waals surface area (Å²) in [6.07, 6.45) is 22.6. The Bertz CT molecular complexity index is 190. The van der Waals surface area contributed by atoms with Gasteiger partial charge in [0.05, 0.1) is 0 Å². The SMILES string of the molecule is [O-]NCCCCCCCCCCCCC1CCCCC1. The van der Waals surface area contributed by atoms with Crippen molar-refractivity contribution in [3.8, 4) is 0 Å². The first-order chi connectivity index (χ1) is 9.93. The highest BCUT2D eigenvalue weighted by Gasteiger charge is 2.12. The second-order valence-corrected chi connectivity index (χ2v) is 6.72. The van der Waals surface area contributed by atoms with E-state index in [-0.39, 0.29) is 0 Å². The van der Waals surface area contributed by atoms with Crippen LogP contribution in [0.15, 0.2) is 0 Å². The van der Waals surface area contributed by atoms with Gasteiger partial charge in [0.2, 0.25) is 0 Å². The summed E-state index contributed by atoms with van der Waals surface area (Å²) < 4.78 is 0. The number of hydrogen-bond acceptors (Lipinski definition) is 2. The molecular weight excluding hydrogens is 246 g/mol.